The second-order valence-electron chi connectivity index (χ2n) is 15.9. The van der Waals surface area contributed by atoms with E-state index in [1.54, 1.807) is 25.1 Å². The molecule has 18 heteroatoms. The molecule has 1 aromatic carbocycles. The van der Waals surface area contributed by atoms with Crippen LogP contribution in [-0.4, -0.2) is 124 Å². The Morgan fingerprint density at radius 1 is 0.814 bits per heavy atom. The van der Waals surface area contributed by atoms with Gasteiger partial charge in [0, 0.05) is 39.8 Å². The number of rotatable bonds is 7. The Hall–Kier alpha value is -5.46. The summed E-state index contributed by atoms with van der Waals surface area (Å²) in [7, 11) is 0. The molecule has 18 nitrogen and oxygen atoms in total. The fourth-order valence-electron chi connectivity index (χ4n) is 9.54. The number of ether oxygens (including phenoxy) is 8. The molecular formula is C41H47NO17. The van der Waals surface area contributed by atoms with Crippen molar-refractivity contribution in [1.29, 1.82) is 0 Å². The number of cyclic esters (lactones) is 1. The van der Waals surface area contributed by atoms with Crippen LogP contribution in [0.3, 0.4) is 0 Å². The maximum Gasteiger partial charge on any atom is 0.340 e. The molecule has 2 aliphatic heterocycles. The van der Waals surface area contributed by atoms with E-state index in [4.69, 9.17) is 37.9 Å². The zero-order chi connectivity index (χ0) is 43.4. The maximum absolute atomic E-state index is 14.3. The molecule has 2 aromatic rings. The van der Waals surface area contributed by atoms with Crippen molar-refractivity contribution in [2.24, 2.45) is 17.3 Å². The lowest BCUT2D eigenvalue weighted by molar-refractivity contribution is -0.386. The summed E-state index contributed by atoms with van der Waals surface area (Å²) in [5, 5.41) is 25.9. The first-order chi connectivity index (χ1) is 27.6. The third-order valence-corrected chi connectivity index (χ3v) is 12.1. The van der Waals surface area contributed by atoms with Gasteiger partial charge in [0.2, 0.25) is 0 Å². The van der Waals surface area contributed by atoms with E-state index in [1.807, 2.05) is 0 Å². The summed E-state index contributed by atoms with van der Waals surface area (Å²) >= 11 is 0. The molecule has 318 valence electrons. The van der Waals surface area contributed by atoms with Crippen LogP contribution in [0.25, 0.3) is 0 Å². The number of benzene rings is 1. The number of carbonyl (C=O) groups is 7. The van der Waals surface area contributed by atoms with Gasteiger partial charge in [0.15, 0.2) is 17.8 Å². The molecule has 0 unspecified atom stereocenters. The molecule has 1 saturated heterocycles. The Morgan fingerprint density at radius 2 is 1.44 bits per heavy atom. The minimum absolute atomic E-state index is 0.0130. The number of aromatic nitrogens is 1. The molecule has 2 saturated carbocycles. The Kier molecular flexibility index (Phi) is 11.4. The number of esters is 7. The van der Waals surface area contributed by atoms with Gasteiger partial charge in [0.1, 0.15) is 54.2 Å². The number of carbonyl (C=O) groups excluding carboxylic acids is 7. The van der Waals surface area contributed by atoms with Crippen molar-refractivity contribution in [1.82, 2.24) is 4.98 Å². The molecule has 3 heterocycles. The summed E-state index contributed by atoms with van der Waals surface area (Å²) in [5.41, 5.74) is -10.2. The van der Waals surface area contributed by atoms with E-state index in [-0.39, 0.29) is 16.8 Å². The first-order valence-electron chi connectivity index (χ1n) is 19.0. The summed E-state index contributed by atoms with van der Waals surface area (Å²) in [4.78, 5) is 99.4. The maximum atomic E-state index is 14.3. The fraction of sp³-hybridized carbons (Fsp3) is 0.561. The lowest BCUT2D eigenvalue weighted by Gasteiger charge is -2.67. The molecule has 6 rings (SSSR count). The Bertz CT molecular complexity index is 2040. The van der Waals surface area contributed by atoms with Crippen LogP contribution in [0.4, 0.5) is 0 Å². The van der Waals surface area contributed by atoms with E-state index >= 15 is 0 Å². The average Bonchev–Trinajstić information content (AvgIpc) is 3.40. The summed E-state index contributed by atoms with van der Waals surface area (Å²) in [6.07, 6.45) is -10.9. The number of nitrogens with zero attached hydrogens (tertiary/aromatic N) is 1. The highest BCUT2D eigenvalue weighted by atomic mass is 16.7. The van der Waals surface area contributed by atoms with Crippen molar-refractivity contribution < 1.29 is 81.7 Å². The summed E-state index contributed by atoms with van der Waals surface area (Å²) < 4.78 is 48.8. The molecule has 13 atom stereocenters. The van der Waals surface area contributed by atoms with E-state index in [2.05, 4.69) is 4.98 Å². The Labute approximate surface area is 338 Å². The number of pyridine rings is 1. The summed E-state index contributed by atoms with van der Waals surface area (Å²) in [6.45, 7) is 7.75. The van der Waals surface area contributed by atoms with Crippen molar-refractivity contribution in [2.75, 3.05) is 13.2 Å². The van der Waals surface area contributed by atoms with Gasteiger partial charge in [0.25, 0.3) is 0 Å². The minimum Gasteiger partial charge on any atom is -0.465 e. The summed E-state index contributed by atoms with van der Waals surface area (Å²) in [6, 6.07) is 10.5. The van der Waals surface area contributed by atoms with Crippen LogP contribution in [0.1, 0.15) is 87.7 Å². The van der Waals surface area contributed by atoms with E-state index in [9.17, 15) is 43.8 Å². The van der Waals surface area contributed by atoms with Crippen LogP contribution >= 0.6 is 0 Å². The average molecular weight is 826 g/mol. The third-order valence-electron chi connectivity index (χ3n) is 12.1. The number of aliphatic hydroxyl groups is 2. The van der Waals surface area contributed by atoms with E-state index in [1.165, 1.54) is 44.3 Å². The van der Waals surface area contributed by atoms with Gasteiger partial charge in [-0.3, -0.25) is 29.0 Å². The van der Waals surface area contributed by atoms with Crippen LogP contribution < -0.4 is 0 Å². The number of hydrogen-bond acceptors (Lipinski definition) is 18. The number of aliphatic hydroxyl groups excluding tert-OH is 1. The van der Waals surface area contributed by atoms with Gasteiger partial charge in [-0.1, -0.05) is 32.0 Å². The largest absolute Gasteiger partial charge is 0.465 e. The highest BCUT2D eigenvalue weighted by molar-refractivity contribution is 5.91. The molecule has 0 radical (unpaired) electrons. The standard InChI is InChI=1S/C41H47NO17/c1-19-20(2)35(48)58-32-29(47)33(55-23(5)45)40(18-52-21(3)43)34(56-24(6)46)30(54-22(4)44)27-31(57-36(49)25-13-10-9-11-14-25)41(40,39(32,8)51)59-38(27,7)17-53-37(50)26-15-12-16-42-28(19)26/h9-16,19-20,27,29-34,47,51H,17-18H2,1-8H3/t19-,20-,27-,29+,30+,31+,32+,33-,34-,38+,39+,40+,41+/m1/s1. The molecule has 4 aliphatic rings. The number of hydrogen-bond donors (Lipinski definition) is 2. The van der Waals surface area contributed by atoms with Gasteiger partial charge in [-0.25, -0.2) is 9.59 Å². The predicted octanol–water partition coefficient (Wildman–Crippen LogP) is 1.76. The van der Waals surface area contributed by atoms with E-state index in [0.717, 1.165) is 34.6 Å². The molecule has 3 fully saturated rings. The van der Waals surface area contributed by atoms with Crippen LogP contribution in [0.2, 0.25) is 0 Å². The van der Waals surface area contributed by atoms with Crippen LogP contribution in [0.15, 0.2) is 48.7 Å². The lowest BCUT2D eigenvalue weighted by atomic mass is 9.45. The van der Waals surface area contributed by atoms with Crippen molar-refractivity contribution >= 4 is 41.8 Å². The van der Waals surface area contributed by atoms with Crippen molar-refractivity contribution in [3.05, 3.63) is 65.5 Å². The molecule has 1 aromatic heterocycles. The molecular weight excluding hydrogens is 778 g/mol. The zero-order valence-electron chi connectivity index (χ0n) is 33.7. The highest BCUT2D eigenvalue weighted by Gasteiger charge is 2.91. The normalized spacial score (nSPS) is 37.4. The van der Waals surface area contributed by atoms with Crippen molar-refractivity contribution in [2.45, 2.75) is 115 Å². The van der Waals surface area contributed by atoms with Gasteiger partial charge in [-0.05, 0) is 38.1 Å². The van der Waals surface area contributed by atoms with E-state index in [0.29, 0.717) is 0 Å². The highest BCUT2D eigenvalue weighted by Crippen LogP contribution is 2.70. The van der Waals surface area contributed by atoms with Gasteiger partial charge in [-0.2, -0.15) is 0 Å². The summed E-state index contributed by atoms with van der Waals surface area (Å²) in [5.74, 6) is -10.6. The smallest absolute Gasteiger partial charge is 0.340 e. The van der Waals surface area contributed by atoms with Crippen molar-refractivity contribution in [3.8, 4) is 0 Å². The number of fused-ring (bicyclic) bond motifs is 5. The Morgan fingerprint density at radius 3 is 2.05 bits per heavy atom. The SMILES string of the molecule is CC(=O)OC[C@@]12[C@H](OC(C)=O)[C@@H](O)[C@@H]3OC(=O)[C@H](C)[C@@H](C)c4ncccc4C(=O)OC[C@]4(C)O[C@@]1([C@@H](OC(=O)c1ccccc1)[C@H]4[C@H](OC(C)=O)[C@H]2OC(C)=O)[C@@]3(C)O. The second kappa shape index (κ2) is 15.6. The lowest BCUT2D eigenvalue weighted by Crippen LogP contribution is -2.89. The van der Waals surface area contributed by atoms with Gasteiger partial charge in [0.05, 0.1) is 28.7 Å². The molecule has 2 aliphatic carbocycles. The van der Waals surface area contributed by atoms with Gasteiger partial charge >= 0.3 is 41.8 Å². The van der Waals surface area contributed by atoms with Crippen molar-refractivity contribution in [3.63, 3.8) is 0 Å². The molecule has 59 heavy (non-hydrogen) atoms. The molecule has 0 amide bonds. The van der Waals surface area contributed by atoms with Crippen LogP contribution in [0, 0.1) is 17.3 Å². The van der Waals surface area contributed by atoms with Crippen LogP contribution in [0.5, 0.6) is 0 Å². The first kappa shape index (κ1) is 43.1. The second-order valence-corrected chi connectivity index (χ2v) is 15.9. The van der Waals surface area contributed by atoms with Gasteiger partial charge < -0.3 is 48.1 Å². The monoisotopic (exact) mass is 825 g/mol. The van der Waals surface area contributed by atoms with E-state index < -0.39 is 132 Å². The Balaban J connectivity index is 1.77. The minimum atomic E-state index is -2.83. The first-order valence-corrected chi connectivity index (χ1v) is 19.0. The molecule has 2 N–H and O–H groups in total. The predicted molar refractivity (Wildman–Crippen MR) is 196 cm³/mol. The van der Waals surface area contributed by atoms with Crippen LogP contribution in [-0.2, 0) is 61.9 Å². The quantitative estimate of drug-likeness (QED) is 0.298. The molecule has 4 bridgehead atoms. The fourth-order valence-corrected chi connectivity index (χ4v) is 9.54. The topological polar surface area (TPSA) is 247 Å². The zero-order valence-corrected chi connectivity index (χ0v) is 33.7. The third kappa shape index (κ3) is 6.89. The molecule has 1 spiro atoms. The van der Waals surface area contributed by atoms with Gasteiger partial charge in [-0.15, -0.1) is 0 Å².